The summed E-state index contributed by atoms with van der Waals surface area (Å²) in [6.45, 7) is 1.66. The van der Waals surface area contributed by atoms with Gasteiger partial charge in [-0.2, -0.15) is 0 Å². The van der Waals surface area contributed by atoms with Gasteiger partial charge in [0.05, 0.1) is 12.2 Å². The quantitative estimate of drug-likeness (QED) is 0.290. The highest BCUT2D eigenvalue weighted by Gasteiger charge is 1.97. The van der Waals surface area contributed by atoms with Gasteiger partial charge in [0.1, 0.15) is 11.5 Å². The van der Waals surface area contributed by atoms with Gasteiger partial charge in [0.15, 0.2) is 0 Å². The van der Waals surface area contributed by atoms with E-state index < -0.39 is 0 Å². The summed E-state index contributed by atoms with van der Waals surface area (Å²) in [6, 6.07) is 2.78. The van der Waals surface area contributed by atoms with Gasteiger partial charge < -0.3 is 0 Å². The molecule has 0 aliphatic carbocycles. The molecule has 0 radical (unpaired) electrons. The van der Waals surface area contributed by atoms with E-state index in [1.165, 1.54) is 12.1 Å². The highest BCUT2D eigenvalue weighted by molar-refractivity contribution is 5.29. The van der Waals surface area contributed by atoms with Crippen LogP contribution in [0.5, 0.6) is 0 Å². The van der Waals surface area contributed by atoms with E-state index in [4.69, 9.17) is 5.53 Å². The number of aryl methyl sites for hydroxylation is 1. The van der Waals surface area contributed by atoms with Crippen molar-refractivity contribution in [1.82, 2.24) is 4.98 Å². The van der Waals surface area contributed by atoms with Crippen LogP contribution in [0.2, 0.25) is 0 Å². The van der Waals surface area contributed by atoms with Gasteiger partial charge in [0, 0.05) is 4.91 Å². The summed E-state index contributed by atoms with van der Waals surface area (Å²) in [5.74, 6) is 4.89. The number of halogens is 1. The number of pyridine rings is 1. The molecular weight excluding hydrogens is 183 g/mol. The Morgan fingerprint density at radius 3 is 3.07 bits per heavy atom. The summed E-state index contributed by atoms with van der Waals surface area (Å²) in [4.78, 5) is 6.43. The van der Waals surface area contributed by atoms with Crippen molar-refractivity contribution in [2.45, 2.75) is 6.92 Å². The van der Waals surface area contributed by atoms with Gasteiger partial charge in [-0.25, -0.2) is 9.37 Å². The van der Waals surface area contributed by atoms with Crippen LogP contribution in [0.3, 0.4) is 0 Å². The van der Waals surface area contributed by atoms with Crippen LogP contribution in [-0.2, 0) is 0 Å². The summed E-state index contributed by atoms with van der Waals surface area (Å²) in [7, 11) is 0. The number of azide groups is 1. The third kappa shape index (κ3) is 2.77. The molecule has 1 aromatic heterocycles. The van der Waals surface area contributed by atoms with E-state index in [1.54, 1.807) is 6.92 Å². The Hall–Kier alpha value is -2.05. The molecule has 0 atom stereocenters. The fourth-order valence-corrected chi connectivity index (χ4v) is 0.811. The topological polar surface area (TPSA) is 61.7 Å². The van der Waals surface area contributed by atoms with Gasteiger partial charge in [0.25, 0.3) is 0 Å². The predicted octanol–water partition coefficient (Wildman–Crippen LogP) is 2.19. The van der Waals surface area contributed by atoms with Gasteiger partial charge >= 0.3 is 0 Å². The molecule has 4 nitrogen and oxygen atoms in total. The molecule has 0 unspecified atom stereocenters. The Kier molecular flexibility index (Phi) is 3.48. The van der Waals surface area contributed by atoms with Crippen molar-refractivity contribution in [1.29, 1.82) is 0 Å². The molecule has 0 aliphatic heterocycles. The highest BCUT2D eigenvalue weighted by atomic mass is 19.1. The van der Waals surface area contributed by atoms with Crippen molar-refractivity contribution in [3.05, 3.63) is 39.8 Å². The van der Waals surface area contributed by atoms with Crippen LogP contribution in [-0.4, -0.2) is 11.5 Å². The van der Waals surface area contributed by atoms with Crippen LogP contribution >= 0.6 is 0 Å². The molecule has 0 saturated heterocycles. The molecule has 1 aromatic rings. The van der Waals surface area contributed by atoms with E-state index in [1.807, 2.05) is 0 Å². The van der Waals surface area contributed by atoms with E-state index in [0.29, 0.717) is 11.4 Å². The van der Waals surface area contributed by atoms with E-state index in [0.717, 1.165) is 0 Å². The lowest BCUT2D eigenvalue weighted by Crippen LogP contribution is -1.90. The van der Waals surface area contributed by atoms with Crippen molar-refractivity contribution in [3.63, 3.8) is 0 Å². The Morgan fingerprint density at radius 1 is 1.64 bits per heavy atom. The first-order valence-corrected chi connectivity index (χ1v) is 3.87. The lowest BCUT2D eigenvalue weighted by molar-refractivity contribution is 0.609. The minimum atomic E-state index is -0.356. The molecule has 0 amide bonds. The van der Waals surface area contributed by atoms with Gasteiger partial charge in [-0.05, 0) is 30.5 Å². The molecule has 70 valence electrons. The second kappa shape index (κ2) is 4.85. The van der Waals surface area contributed by atoms with Crippen molar-refractivity contribution in [2.24, 2.45) is 5.11 Å². The minimum Gasteiger partial charge on any atom is -0.242 e. The van der Waals surface area contributed by atoms with Crippen molar-refractivity contribution in [3.8, 4) is 11.8 Å². The normalized spacial score (nSPS) is 8.43. The third-order valence-corrected chi connectivity index (χ3v) is 1.45. The molecule has 14 heavy (non-hydrogen) atoms. The zero-order valence-electron chi connectivity index (χ0n) is 7.53. The van der Waals surface area contributed by atoms with Crippen molar-refractivity contribution in [2.75, 3.05) is 6.54 Å². The zero-order valence-corrected chi connectivity index (χ0v) is 7.53. The van der Waals surface area contributed by atoms with Crippen LogP contribution in [0.15, 0.2) is 17.2 Å². The van der Waals surface area contributed by atoms with E-state index >= 15 is 0 Å². The molecule has 0 saturated carbocycles. The first-order chi connectivity index (χ1) is 6.74. The lowest BCUT2D eigenvalue weighted by atomic mass is 10.3. The molecule has 0 bridgehead atoms. The number of nitrogens with zero attached hydrogens (tertiary/aromatic N) is 4. The van der Waals surface area contributed by atoms with Gasteiger partial charge in [0.2, 0.25) is 0 Å². The average Bonchev–Trinajstić information content (AvgIpc) is 2.18. The van der Waals surface area contributed by atoms with Gasteiger partial charge in [-0.3, -0.25) is 0 Å². The molecule has 1 rings (SSSR count). The average molecular weight is 190 g/mol. The van der Waals surface area contributed by atoms with Gasteiger partial charge in [-0.1, -0.05) is 11.0 Å². The lowest BCUT2D eigenvalue weighted by Gasteiger charge is -1.94. The highest BCUT2D eigenvalue weighted by Crippen LogP contribution is 2.02. The summed E-state index contributed by atoms with van der Waals surface area (Å²) < 4.78 is 12.8. The second-order valence-electron chi connectivity index (χ2n) is 2.45. The largest absolute Gasteiger partial charge is 0.242 e. The predicted molar refractivity (Wildman–Crippen MR) is 49.8 cm³/mol. The Morgan fingerprint density at radius 2 is 2.43 bits per heavy atom. The molecular formula is C9H7FN4. The maximum absolute atomic E-state index is 12.8. The Labute approximate surface area is 80.4 Å². The summed E-state index contributed by atoms with van der Waals surface area (Å²) in [6.07, 6.45) is 0. The molecule has 0 aromatic carbocycles. The SMILES string of the molecule is Cc1nc(C#CCN=[N+]=[N-])ccc1F. The third-order valence-electron chi connectivity index (χ3n) is 1.45. The van der Waals surface area contributed by atoms with Crippen LogP contribution in [0, 0.1) is 24.6 Å². The number of hydrogen-bond donors (Lipinski definition) is 0. The molecule has 0 aliphatic rings. The van der Waals surface area contributed by atoms with Gasteiger partial charge in [-0.15, -0.1) is 0 Å². The first kappa shape index (κ1) is 10.0. The summed E-state index contributed by atoms with van der Waals surface area (Å²) >= 11 is 0. The van der Waals surface area contributed by atoms with Crippen LogP contribution in [0.25, 0.3) is 10.4 Å². The van der Waals surface area contributed by atoms with E-state index in [-0.39, 0.29) is 12.4 Å². The molecule has 0 N–H and O–H groups in total. The number of hydrogen-bond acceptors (Lipinski definition) is 2. The summed E-state index contributed by atoms with van der Waals surface area (Å²) in [5.41, 5.74) is 8.74. The maximum atomic E-state index is 12.8. The standard InChI is InChI=1S/C9H7FN4/c1-7-9(10)5-4-8(13-7)3-2-6-12-14-11/h4-5H,6H2,1H3. The second-order valence-corrected chi connectivity index (χ2v) is 2.45. The maximum Gasteiger partial charge on any atom is 0.144 e. The van der Waals surface area contributed by atoms with Crippen LogP contribution in [0.1, 0.15) is 11.4 Å². The smallest absolute Gasteiger partial charge is 0.144 e. The number of rotatable bonds is 1. The molecule has 0 fully saturated rings. The van der Waals surface area contributed by atoms with E-state index in [2.05, 4.69) is 26.9 Å². The molecule has 1 heterocycles. The fraction of sp³-hybridized carbons (Fsp3) is 0.222. The Bertz CT molecular complexity index is 438. The number of aromatic nitrogens is 1. The monoisotopic (exact) mass is 190 g/mol. The summed E-state index contributed by atoms with van der Waals surface area (Å²) in [5, 5.41) is 3.23. The fourth-order valence-electron chi connectivity index (χ4n) is 0.811. The van der Waals surface area contributed by atoms with E-state index in [9.17, 15) is 4.39 Å². The van der Waals surface area contributed by atoms with Crippen LogP contribution < -0.4 is 0 Å². The van der Waals surface area contributed by atoms with Crippen molar-refractivity contribution < 1.29 is 4.39 Å². The minimum absolute atomic E-state index is 0.0919. The first-order valence-electron chi connectivity index (χ1n) is 3.87. The Balaban J connectivity index is 2.80. The molecule has 0 spiro atoms. The molecule has 5 heteroatoms. The zero-order chi connectivity index (χ0) is 10.4. The van der Waals surface area contributed by atoms with Crippen LogP contribution in [0.4, 0.5) is 4.39 Å². The van der Waals surface area contributed by atoms with Crippen molar-refractivity contribution >= 4 is 0 Å².